The summed E-state index contributed by atoms with van der Waals surface area (Å²) in [6, 6.07) is -1.83. The number of carbonyl (C=O) groups is 3. The molecule has 0 radical (unpaired) electrons. The molecule has 10 heteroatoms. The molecule has 0 spiro atoms. The van der Waals surface area contributed by atoms with Crippen LogP contribution in [0.5, 0.6) is 0 Å². The first-order chi connectivity index (χ1) is 9.44. The average Bonchev–Trinajstić information content (AvgIpc) is 2.55. The van der Waals surface area contributed by atoms with Crippen LogP contribution < -0.4 is 11.1 Å². The largest absolute Gasteiger partial charge is 0.396 e. The average molecular weight is 290 g/mol. The van der Waals surface area contributed by atoms with Gasteiger partial charge < -0.3 is 26.4 Å². The Balaban J connectivity index is 3.22. The number of urea groups is 2. The summed E-state index contributed by atoms with van der Waals surface area (Å²) < 4.78 is 0. The van der Waals surface area contributed by atoms with E-state index in [1.54, 1.807) is 0 Å². The molecular weight excluding hydrogens is 272 g/mol. The number of nitrogens with zero attached hydrogens (tertiary/aromatic N) is 2. The van der Waals surface area contributed by atoms with Crippen molar-refractivity contribution in [2.24, 2.45) is 5.73 Å². The zero-order chi connectivity index (χ0) is 15.3. The number of hydrogen-bond donors (Lipinski definition) is 5. The van der Waals surface area contributed by atoms with Crippen molar-refractivity contribution >= 4 is 18.0 Å². The van der Waals surface area contributed by atoms with E-state index in [1.165, 1.54) is 0 Å². The smallest absolute Gasteiger partial charge is 0.329 e. The quantitative estimate of drug-likeness (QED) is 0.314. The third-order valence-corrected chi connectivity index (χ3v) is 2.97. The lowest BCUT2D eigenvalue weighted by Gasteiger charge is -2.34. The first-order valence-corrected chi connectivity index (χ1v) is 5.98. The number of aliphatic hydroxyl groups is 3. The number of aliphatic hydroxyl groups excluding tert-OH is 3. The van der Waals surface area contributed by atoms with E-state index in [-0.39, 0.29) is 19.5 Å². The molecule has 1 rings (SSSR count). The number of primary amides is 1. The van der Waals surface area contributed by atoms with Crippen LogP contribution >= 0.6 is 0 Å². The summed E-state index contributed by atoms with van der Waals surface area (Å²) in [7, 11) is 0. The zero-order valence-corrected chi connectivity index (χ0v) is 10.8. The molecule has 1 aliphatic heterocycles. The van der Waals surface area contributed by atoms with E-state index in [9.17, 15) is 14.4 Å². The SMILES string of the molecule is NC(=O)NC1(CCO)C(=O)N(CCO)C(=O)N1CCO. The number of imide groups is 1. The van der Waals surface area contributed by atoms with Crippen molar-refractivity contribution in [2.75, 3.05) is 32.9 Å². The Labute approximate surface area is 114 Å². The normalized spacial score (nSPS) is 22.6. The number of nitrogens with two attached hydrogens (primary N) is 1. The molecule has 6 N–H and O–H groups in total. The van der Waals surface area contributed by atoms with Gasteiger partial charge >= 0.3 is 12.1 Å². The van der Waals surface area contributed by atoms with Crippen molar-refractivity contribution in [3.05, 3.63) is 0 Å². The molecular formula is C10H18N4O6. The predicted molar refractivity (Wildman–Crippen MR) is 65.1 cm³/mol. The summed E-state index contributed by atoms with van der Waals surface area (Å²) in [5, 5.41) is 29.1. The lowest BCUT2D eigenvalue weighted by atomic mass is 10.0. The van der Waals surface area contributed by atoms with Crippen LogP contribution in [-0.4, -0.2) is 81.7 Å². The molecule has 10 nitrogen and oxygen atoms in total. The van der Waals surface area contributed by atoms with E-state index >= 15 is 0 Å². The van der Waals surface area contributed by atoms with Crippen LogP contribution in [0.15, 0.2) is 0 Å². The Morgan fingerprint density at radius 1 is 1.15 bits per heavy atom. The van der Waals surface area contributed by atoms with Crippen molar-refractivity contribution in [2.45, 2.75) is 12.1 Å². The van der Waals surface area contributed by atoms with Crippen LogP contribution in [0, 0.1) is 0 Å². The molecule has 0 aromatic rings. The Bertz CT molecular complexity index is 403. The van der Waals surface area contributed by atoms with Gasteiger partial charge in [0, 0.05) is 19.6 Å². The van der Waals surface area contributed by atoms with E-state index in [4.69, 9.17) is 21.1 Å². The molecule has 1 aliphatic rings. The van der Waals surface area contributed by atoms with Gasteiger partial charge in [-0.2, -0.15) is 0 Å². The van der Waals surface area contributed by atoms with Gasteiger partial charge in [-0.25, -0.2) is 9.59 Å². The highest BCUT2D eigenvalue weighted by atomic mass is 16.3. The molecule has 20 heavy (non-hydrogen) atoms. The molecule has 1 saturated heterocycles. The second-order valence-electron chi connectivity index (χ2n) is 4.16. The van der Waals surface area contributed by atoms with Crippen LogP contribution in [0.2, 0.25) is 0 Å². The first kappa shape index (κ1) is 16.1. The number of amides is 5. The van der Waals surface area contributed by atoms with E-state index in [0.717, 1.165) is 9.80 Å². The highest BCUT2D eigenvalue weighted by Gasteiger charge is 2.57. The van der Waals surface area contributed by atoms with Gasteiger partial charge in [-0.3, -0.25) is 14.6 Å². The molecule has 0 saturated carbocycles. The highest BCUT2D eigenvalue weighted by molar-refractivity contribution is 6.08. The Hall–Kier alpha value is -1.91. The number of β-amino-alcohol motifs (C(OH)–C–C–N with tert-alkyl or cyclic N) is 2. The molecule has 114 valence electrons. The molecule has 0 aromatic carbocycles. The molecule has 1 unspecified atom stereocenters. The second kappa shape index (κ2) is 6.50. The summed E-state index contributed by atoms with van der Waals surface area (Å²) in [5.41, 5.74) is 3.18. The highest BCUT2D eigenvalue weighted by Crippen LogP contribution is 2.28. The summed E-state index contributed by atoms with van der Waals surface area (Å²) in [4.78, 5) is 37.2. The summed E-state index contributed by atoms with van der Waals surface area (Å²) >= 11 is 0. The third-order valence-electron chi connectivity index (χ3n) is 2.97. The van der Waals surface area contributed by atoms with Gasteiger partial charge in [0.05, 0.1) is 19.8 Å². The van der Waals surface area contributed by atoms with Gasteiger partial charge in [0.1, 0.15) is 0 Å². The van der Waals surface area contributed by atoms with Gasteiger partial charge in [-0.15, -0.1) is 0 Å². The fourth-order valence-electron chi connectivity index (χ4n) is 2.21. The molecule has 5 amide bonds. The number of carbonyl (C=O) groups excluding carboxylic acids is 3. The maximum Gasteiger partial charge on any atom is 0.329 e. The lowest BCUT2D eigenvalue weighted by molar-refractivity contribution is -0.135. The van der Waals surface area contributed by atoms with E-state index in [1.807, 2.05) is 0 Å². The maximum atomic E-state index is 12.3. The van der Waals surface area contributed by atoms with Gasteiger partial charge in [0.15, 0.2) is 0 Å². The van der Waals surface area contributed by atoms with Gasteiger partial charge in [0.25, 0.3) is 5.91 Å². The lowest BCUT2D eigenvalue weighted by Crippen LogP contribution is -2.64. The number of hydrogen-bond acceptors (Lipinski definition) is 6. The van der Waals surface area contributed by atoms with Gasteiger partial charge in [0.2, 0.25) is 5.66 Å². The predicted octanol–water partition coefficient (Wildman–Crippen LogP) is -3.02. The van der Waals surface area contributed by atoms with Crippen molar-refractivity contribution < 1.29 is 29.7 Å². The topological polar surface area (TPSA) is 156 Å². The van der Waals surface area contributed by atoms with Crippen LogP contribution in [-0.2, 0) is 4.79 Å². The molecule has 0 aliphatic carbocycles. The van der Waals surface area contributed by atoms with Crippen LogP contribution in [0.4, 0.5) is 9.59 Å². The third kappa shape index (κ3) is 2.66. The summed E-state index contributed by atoms with van der Waals surface area (Å²) in [6.07, 6.45) is -0.275. The Morgan fingerprint density at radius 2 is 1.75 bits per heavy atom. The van der Waals surface area contributed by atoms with Crippen molar-refractivity contribution in [1.29, 1.82) is 0 Å². The van der Waals surface area contributed by atoms with Crippen LogP contribution in [0.1, 0.15) is 6.42 Å². The molecule has 0 bridgehead atoms. The minimum atomic E-state index is -1.84. The van der Waals surface area contributed by atoms with Crippen molar-refractivity contribution in [3.8, 4) is 0 Å². The van der Waals surface area contributed by atoms with Gasteiger partial charge in [-0.1, -0.05) is 0 Å². The summed E-state index contributed by atoms with van der Waals surface area (Å²) in [5.74, 6) is -0.808. The minimum Gasteiger partial charge on any atom is -0.396 e. The number of rotatable bonds is 7. The van der Waals surface area contributed by atoms with Crippen LogP contribution in [0.3, 0.4) is 0 Å². The summed E-state index contributed by atoms with van der Waals surface area (Å²) in [6.45, 7) is -1.87. The van der Waals surface area contributed by atoms with E-state index < -0.39 is 43.5 Å². The molecule has 0 aromatic heterocycles. The van der Waals surface area contributed by atoms with E-state index in [2.05, 4.69) is 5.32 Å². The second-order valence-corrected chi connectivity index (χ2v) is 4.16. The van der Waals surface area contributed by atoms with Crippen molar-refractivity contribution in [3.63, 3.8) is 0 Å². The molecule has 1 fully saturated rings. The standard InChI is InChI=1S/C10H18N4O6/c11-8(19)12-10(1-4-15)7(18)13(2-5-16)9(20)14(10)3-6-17/h15-17H,1-6H2,(H3,11,12,19). The van der Waals surface area contributed by atoms with Crippen molar-refractivity contribution in [1.82, 2.24) is 15.1 Å². The molecule has 1 atom stereocenters. The molecule has 1 heterocycles. The van der Waals surface area contributed by atoms with Crippen LogP contribution in [0.25, 0.3) is 0 Å². The monoisotopic (exact) mass is 290 g/mol. The Kier molecular flexibility index (Phi) is 5.25. The first-order valence-electron chi connectivity index (χ1n) is 5.98. The maximum absolute atomic E-state index is 12.3. The number of nitrogens with one attached hydrogen (secondary N) is 1. The Morgan fingerprint density at radius 3 is 2.20 bits per heavy atom. The zero-order valence-electron chi connectivity index (χ0n) is 10.8. The fourth-order valence-corrected chi connectivity index (χ4v) is 2.21. The van der Waals surface area contributed by atoms with E-state index in [0.29, 0.717) is 0 Å². The van der Waals surface area contributed by atoms with Gasteiger partial charge in [-0.05, 0) is 0 Å². The minimum absolute atomic E-state index is 0.229. The fraction of sp³-hybridized carbons (Fsp3) is 0.700.